The summed E-state index contributed by atoms with van der Waals surface area (Å²) in [7, 11) is 2.11. The molecule has 2 amide bonds. The first-order chi connectivity index (χ1) is 20.3. The molecular formula is C30H34F2N8O2. The average Bonchev–Trinajstić information content (AvgIpc) is 3.43. The van der Waals surface area contributed by atoms with E-state index >= 15 is 0 Å². The van der Waals surface area contributed by atoms with Gasteiger partial charge in [0.2, 0.25) is 5.91 Å². The van der Waals surface area contributed by atoms with Crippen LogP contribution < -0.4 is 26.4 Å². The van der Waals surface area contributed by atoms with Gasteiger partial charge in [-0.25, -0.2) is 19.2 Å². The van der Waals surface area contributed by atoms with E-state index in [4.69, 9.17) is 0 Å². The summed E-state index contributed by atoms with van der Waals surface area (Å²) < 4.78 is 27.6. The van der Waals surface area contributed by atoms with E-state index in [0.29, 0.717) is 11.4 Å². The lowest BCUT2D eigenvalue weighted by atomic mass is 9.73. The highest BCUT2D eigenvalue weighted by molar-refractivity contribution is 6.04. The van der Waals surface area contributed by atoms with Crippen LogP contribution in [0.5, 0.6) is 0 Å². The van der Waals surface area contributed by atoms with E-state index in [1.807, 2.05) is 18.2 Å². The van der Waals surface area contributed by atoms with Crippen LogP contribution in [0.1, 0.15) is 41.1 Å². The summed E-state index contributed by atoms with van der Waals surface area (Å²) in [5.41, 5.74) is 8.07. The molecule has 12 heteroatoms. The highest BCUT2D eigenvalue weighted by Crippen LogP contribution is 2.40. The molecule has 1 saturated carbocycles. The van der Waals surface area contributed by atoms with Crippen LogP contribution in [0.15, 0.2) is 55.0 Å². The van der Waals surface area contributed by atoms with E-state index in [0.717, 1.165) is 75.0 Å². The lowest BCUT2D eigenvalue weighted by Crippen LogP contribution is -2.44. The van der Waals surface area contributed by atoms with Gasteiger partial charge in [-0.3, -0.25) is 20.0 Å². The largest absolute Gasteiger partial charge is 0.354 e. The first-order valence-electron chi connectivity index (χ1n) is 14.3. The SMILES string of the molecule is CN1CCN(c2ccc(NC(=O)C3NNC4CCC(c5cncc(NC(=O)c6cc(F)ccc6F)c5)CC43)cn2)CC1. The summed E-state index contributed by atoms with van der Waals surface area (Å²) in [5.74, 6) is -1.30. The number of pyridine rings is 2. The fraction of sp³-hybridized carbons (Fsp3) is 0.400. The minimum absolute atomic E-state index is 0.0426. The maximum atomic E-state index is 14.1. The van der Waals surface area contributed by atoms with Crippen molar-refractivity contribution in [1.82, 2.24) is 25.7 Å². The van der Waals surface area contributed by atoms with E-state index in [9.17, 15) is 18.4 Å². The average molecular weight is 577 g/mol. The molecule has 0 bridgehead atoms. The molecule has 220 valence electrons. The quantitative estimate of drug-likeness (QED) is 0.354. The van der Waals surface area contributed by atoms with Crippen LogP contribution in [0.3, 0.4) is 0 Å². The summed E-state index contributed by atoms with van der Waals surface area (Å²) in [6.45, 7) is 3.84. The van der Waals surface area contributed by atoms with Gasteiger partial charge in [-0.1, -0.05) is 0 Å². The number of hydrogen-bond donors (Lipinski definition) is 4. The maximum absolute atomic E-state index is 14.1. The van der Waals surface area contributed by atoms with Gasteiger partial charge in [-0.05, 0) is 74.2 Å². The number of piperazine rings is 1. The standard InChI is InChI=1S/C30H34F2N8O2/c1-39-8-10-40(11-9-39)27-7-4-21(17-34-27)35-30(42)28-24-13-18(2-6-26(24)37-38-28)19-12-22(16-33-15-19)36-29(41)23-14-20(31)3-5-25(23)32/h3-5,7,12,14-18,24,26,28,37-38H,2,6,8-11,13H2,1H3,(H,35,42)(H,36,41). The van der Waals surface area contributed by atoms with Gasteiger partial charge in [0, 0.05) is 44.3 Å². The number of anilines is 3. The third-order valence-corrected chi connectivity index (χ3v) is 8.54. The van der Waals surface area contributed by atoms with E-state index < -0.39 is 23.6 Å². The number of likely N-dealkylation sites (N-methyl/N-ethyl adjacent to an activating group) is 1. The topological polar surface area (TPSA) is 115 Å². The zero-order valence-corrected chi connectivity index (χ0v) is 23.3. The molecule has 0 radical (unpaired) electrons. The number of nitrogens with zero attached hydrogens (tertiary/aromatic N) is 4. The van der Waals surface area contributed by atoms with Gasteiger partial charge in [0.15, 0.2) is 0 Å². The fourth-order valence-electron chi connectivity index (χ4n) is 6.14. The Labute approximate surface area is 242 Å². The first-order valence-corrected chi connectivity index (χ1v) is 14.3. The number of amides is 2. The van der Waals surface area contributed by atoms with E-state index in [1.54, 1.807) is 12.4 Å². The molecular weight excluding hydrogens is 542 g/mol. The third-order valence-electron chi connectivity index (χ3n) is 8.54. The zero-order chi connectivity index (χ0) is 29.2. The number of fused-ring (bicyclic) bond motifs is 1. The van der Waals surface area contributed by atoms with Crippen LogP contribution in [0.25, 0.3) is 0 Å². The van der Waals surface area contributed by atoms with Gasteiger partial charge >= 0.3 is 0 Å². The Morgan fingerprint density at radius 1 is 0.929 bits per heavy atom. The second-order valence-corrected chi connectivity index (χ2v) is 11.3. The van der Waals surface area contributed by atoms with Crippen LogP contribution >= 0.6 is 0 Å². The Morgan fingerprint density at radius 2 is 1.76 bits per heavy atom. The van der Waals surface area contributed by atoms with Crippen LogP contribution in [0.4, 0.5) is 26.0 Å². The van der Waals surface area contributed by atoms with Gasteiger partial charge < -0.3 is 20.4 Å². The molecule has 3 aromatic rings. The maximum Gasteiger partial charge on any atom is 0.258 e. The van der Waals surface area contributed by atoms with E-state index in [-0.39, 0.29) is 29.3 Å². The first kappa shape index (κ1) is 28.1. The number of carbonyl (C=O) groups is 2. The van der Waals surface area contributed by atoms with Crippen molar-refractivity contribution in [2.75, 3.05) is 48.8 Å². The van der Waals surface area contributed by atoms with Crippen molar-refractivity contribution in [1.29, 1.82) is 0 Å². The number of aromatic nitrogens is 2. The highest BCUT2D eigenvalue weighted by Gasteiger charge is 2.44. The Morgan fingerprint density at radius 3 is 2.55 bits per heavy atom. The van der Waals surface area contributed by atoms with Gasteiger partial charge in [0.05, 0.1) is 29.3 Å². The molecule has 4 unspecified atom stereocenters. The van der Waals surface area contributed by atoms with Crippen molar-refractivity contribution in [3.05, 3.63) is 77.8 Å². The molecule has 4 atom stereocenters. The summed E-state index contributed by atoms with van der Waals surface area (Å²) in [6, 6.07) is 8.13. The second kappa shape index (κ2) is 12.1. The van der Waals surface area contributed by atoms with Gasteiger partial charge in [0.25, 0.3) is 5.91 Å². The van der Waals surface area contributed by atoms with Crippen LogP contribution in [0.2, 0.25) is 0 Å². The summed E-state index contributed by atoms with van der Waals surface area (Å²) in [5, 5.41) is 5.64. The molecule has 2 saturated heterocycles. The van der Waals surface area contributed by atoms with Crippen molar-refractivity contribution in [3.8, 4) is 0 Å². The molecule has 1 aromatic carbocycles. The molecule has 42 heavy (non-hydrogen) atoms. The van der Waals surface area contributed by atoms with Gasteiger partial charge in [-0.2, -0.15) is 0 Å². The Hall–Kier alpha value is -4.00. The van der Waals surface area contributed by atoms with Crippen LogP contribution in [-0.2, 0) is 4.79 Å². The van der Waals surface area contributed by atoms with Crippen LogP contribution in [-0.4, -0.2) is 72.0 Å². The van der Waals surface area contributed by atoms with E-state index in [2.05, 4.69) is 48.3 Å². The lowest BCUT2D eigenvalue weighted by Gasteiger charge is -2.33. The lowest BCUT2D eigenvalue weighted by molar-refractivity contribution is -0.119. The Bertz CT molecular complexity index is 1450. The minimum atomic E-state index is -0.802. The molecule has 4 heterocycles. The molecule has 0 spiro atoms. The number of benzene rings is 1. The van der Waals surface area contributed by atoms with Crippen molar-refractivity contribution < 1.29 is 18.4 Å². The number of hydrazine groups is 1. The Balaban J connectivity index is 1.08. The Kier molecular flexibility index (Phi) is 8.09. The summed E-state index contributed by atoms with van der Waals surface area (Å²) in [6.07, 6.45) is 7.40. The highest BCUT2D eigenvalue weighted by atomic mass is 19.1. The number of halogens is 2. The third kappa shape index (κ3) is 6.10. The smallest absolute Gasteiger partial charge is 0.258 e. The molecule has 3 fully saturated rings. The van der Waals surface area contributed by atoms with E-state index in [1.165, 1.54) is 6.20 Å². The monoisotopic (exact) mass is 576 g/mol. The molecule has 3 aliphatic rings. The van der Waals surface area contributed by atoms with Crippen molar-refractivity contribution >= 4 is 29.0 Å². The summed E-state index contributed by atoms with van der Waals surface area (Å²) in [4.78, 5) is 39.3. The van der Waals surface area contributed by atoms with Crippen molar-refractivity contribution in [2.45, 2.75) is 37.3 Å². The number of nitrogens with one attached hydrogen (secondary N) is 4. The van der Waals surface area contributed by atoms with Crippen molar-refractivity contribution in [3.63, 3.8) is 0 Å². The normalized spacial score (nSPS) is 24.2. The van der Waals surface area contributed by atoms with Gasteiger partial charge in [0.1, 0.15) is 23.5 Å². The fourth-order valence-corrected chi connectivity index (χ4v) is 6.14. The molecule has 6 rings (SSSR count). The molecule has 1 aliphatic carbocycles. The van der Waals surface area contributed by atoms with Crippen molar-refractivity contribution in [2.24, 2.45) is 5.92 Å². The number of hydrogen-bond acceptors (Lipinski definition) is 8. The molecule has 2 aliphatic heterocycles. The predicted molar refractivity (Wildman–Crippen MR) is 155 cm³/mol. The molecule has 10 nitrogen and oxygen atoms in total. The predicted octanol–water partition coefficient (Wildman–Crippen LogP) is 3.13. The zero-order valence-electron chi connectivity index (χ0n) is 23.3. The number of carbonyl (C=O) groups excluding carboxylic acids is 2. The minimum Gasteiger partial charge on any atom is -0.354 e. The van der Waals surface area contributed by atoms with Gasteiger partial charge in [-0.15, -0.1) is 0 Å². The summed E-state index contributed by atoms with van der Waals surface area (Å²) >= 11 is 0. The molecule has 2 aromatic heterocycles. The van der Waals surface area contributed by atoms with Crippen LogP contribution in [0, 0.1) is 17.6 Å². The molecule has 4 N–H and O–H groups in total. The second-order valence-electron chi connectivity index (χ2n) is 11.3. The number of rotatable bonds is 6.